The number of carboxylic acids is 1. The van der Waals surface area contributed by atoms with E-state index >= 15 is 0 Å². The van der Waals surface area contributed by atoms with Gasteiger partial charge in [-0.05, 0) is 45.4 Å². The first-order chi connectivity index (χ1) is 13.9. The highest BCUT2D eigenvalue weighted by Crippen LogP contribution is 2.46. The van der Waals surface area contributed by atoms with Crippen molar-refractivity contribution in [2.45, 2.75) is 57.1 Å². The Morgan fingerprint density at radius 3 is 2.79 bits per heavy atom. The lowest BCUT2D eigenvalue weighted by Gasteiger charge is -2.26. The molecule has 162 valence electrons. The summed E-state index contributed by atoms with van der Waals surface area (Å²) in [5, 5.41) is 12.5. The van der Waals surface area contributed by atoms with Gasteiger partial charge in [0.1, 0.15) is 12.3 Å². The number of nitrogens with zero attached hydrogens (tertiary/aromatic N) is 1. The van der Waals surface area contributed by atoms with Gasteiger partial charge in [-0.25, -0.2) is 4.79 Å². The lowest BCUT2D eigenvalue weighted by Crippen LogP contribution is -2.49. The molecule has 0 aromatic carbocycles. The minimum atomic E-state index is -1.25. The Morgan fingerprint density at radius 1 is 1.31 bits per heavy atom. The molecule has 3 aliphatic rings. The summed E-state index contributed by atoms with van der Waals surface area (Å²) in [7, 11) is 1.77. The van der Waals surface area contributed by atoms with Gasteiger partial charge < -0.3 is 24.8 Å². The molecule has 0 spiro atoms. The van der Waals surface area contributed by atoms with Gasteiger partial charge >= 0.3 is 5.97 Å². The van der Waals surface area contributed by atoms with E-state index in [-0.39, 0.29) is 30.6 Å². The van der Waals surface area contributed by atoms with E-state index in [0.717, 1.165) is 19.3 Å². The quantitative estimate of drug-likeness (QED) is 0.406. The Hall–Kier alpha value is -1.93. The van der Waals surface area contributed by atoms with Gasteiger partial charge in [0.25, 0.3) is 0 Å². The molecule has 5 unspecified atom stereocenters. The van der Waals surface area contributed by atoms with E-state index in [1.165, 1.54) is 0 Å². The van der Waals surface area contributed by atoms with E-state index in [9.17, 15) is 19.5 Å². The smallest absolute Gasteiger partial charge is 0.330 e. The number of aliphatic carboxylic acids is 1. The molecule has 8 heteroatoms. The molecule has 0 saturated heterocycles. The molecule has 2 amide bonds. The molecule has 3 rings (SSSR count). The summed E-state index contributed by atoms with van der Waals surface area (Å²) in [6, 6.07) is 0. The summed E-state index contributed by atoms with van der Waals surface area (Å²) in [4.78, 5) is 39.7. The minimum Gasteiger partial charge on any atom is -0.479 e. The maximum absolute atomic E-state index is 13.1. The second-order valence-corrected chi connectivity index (χ2v) is 8.34. The van der Waals surface area contributed by atoms with Crippen molar-refractivity contribution in [3.05, 3.63) is 12.2 Å². The van der Waals surface area contributed by atoms with Gasteiger partial charge in [0.15, 0.2) is 0 Å². The number of fused-ring (bicyclic) bond motifs is 2. The van der Waals surface area contributed by atoms with Crippen LogP contribution in [0.3, 0.4) is 0 Å². The largest absolute Gasteiger partial charge is 0.479 e. The predicted molar refractivity (Wildman–Crippen MR) is 105 cm³/mol. The average Bonchev–Trinajstić information content (AvgIpc) is 3.21. The van der Waals surface area contributed by atoms with Crippen LogP contribution in [0.25, 0.3) is 0 Å². The van der Waals surface area contributed by atoms with Gasteiger partial charge in [0.2, 0.25) is 11.8 Å². The number of hydrogen-bond acceptors (Lipinski definition) is 5. The van der Waals surface area contributed by atoms with Crippen LogP contribution in [-0.2, 0) is 23.9 Å². The van der Waals surface area contributed by atoms with Crippen molar-refractivity contribution >= 4 is 17.8 Å². The molecule has 2 fully saturated rings. The van der Waals surface area contributed by atoms with Crippen molar-refractivity contribution in [3.8, 4) is 0 Å². The summed E-state index contributed by atoms with van der Waals surface area (Å²) in [5.41, 5.74) is -1.25. The van der Waals surface area contributed by atoms with Crippen molar-refractivity contribution in [2.75, 3.05) is 27.0 Å². The van der Waals surface area contributed by atoms with Gasteiger partial charge in [-0.1, -0.05) is 12.2 Å². The van der Waals surface area contributed by atoms with E-state index < -0.39 is 23.3 Å². The molecule has 1 heterocycles. The van der Waals surface area contributed by atoms with Crippen molar-refractivity contribution < 1.29 is 29.0 Å². The second kappa shape index (κ2) is 9.26. The molecule has 29 heavy (non-hydrogen) atoms. The number of carboxylic acid groups (broad SMARTS) is 1. The Balaban J connectivity index is 1.79. The molecule has 2 N–H and O–H groups in total. The summed E-state index contributed by atoms with van der Waals surface area (Å²) in [6.07, 6.45) is 7.50. The fourth-order valence-electron chi connectivity index (χ4n) is 4.46. The van der Waals surface area contributed by atoms with Gasteiger partial charge in [0, 0.05) is 26.1 Å². The second-order valence-electron chi connectivity index (χ2n) is 8.34. The monoisotopic (exact) mass is 408 g/mol. The Bertz CT molecular complexity index is 666. The van der Waals surface area contributed by atoms with Crippen LogP contribution in [0, 0.1) is 17.8 Å². The SMILES string of the molecule is CCOCOC1CC2C(=O)NC3(C(=O)O)CC3/C=C/CCCCN(C)C(=O)C2C1. The Labute approximate surface area is 171 Å². The number of carbonyl (C=O) groups excluding carboxylic acids is 2. The molecule has 1 aliphatic heterocycles. The average molecular weight is 408 g/mol. The molecule has 5 atom stereocenters. The molecular formula is C21H32N2O6. The first-order valence-corrected chi connectivity index (χ1v) is 10.6. The van der Waals surface area contributed by atoms with Gasteiger partial charge in [-0.3, -0.25) is 9.59 Å². The third kappa shape index (κ3) is 4.80. The Kier molecular flexibility index (Phi) is 6.95. The minimum absolute atomic E-state index is 0.0722. The van der Waals surface area contributed by atoms with Crippen LogP contribution in [0.4, 0.5) is 0 Å². The molecule has 0 aromatic rings. The highest BCUT2D eigenvalue weighted by Gasteiger charge is 2.61. The van der Waals surface area contributed by atoms with Crippen molar-refractivity contribution in [1.29, 1.82) is 0 Å². The van der Waals surface area contributed by atoms with Crippen LogP contribution in [-0.4, -0.2) is 66.4 Å². The first kappa shape index (κ1) is 21.8. The molecular weight excluding hydrogens is 376 g/mol. The third-order valence-electron chi connectivity index (χ3n) is 6.37. The zero-order valence-corrected chi connectivity index (χ0v) is 17.3. The van der Waals surface area contributed by atoms with E-state index in [1.54, 1.807) is 11.9 Å². The number of nitrogens with one attached hydrogen (secondary N) is 1. The van der Waals surface area contributed by atoms with Crippen molar-refractivity contribution in [1.82, 2.24) is 10.2 Å². The normalized spacial score (nSPS) is 36.6. The highest BCUT2D eigenvalue weighted by atomic mass is 16.7. The molecule has 2 saturated carbocycles. The number of carbonyl (C=O) groups is 3. The molecule has 2 aliphatic carbocycles. The number of amides is 2. The van der Waals surface area contributed by atoms with E-state index in [4.69, 9.17) is 9.47 Å². The fourth-order valence-corrected chi connectivity index (χ4v) is 4.46. The van der Waals surface area contributed by atoms with Gasteiger partial charge in [-0.15, -0.1) is 0 Å². The van der Waals surface area contributed by atoms with Gasteiger partial charge in [-0.2, -0.15) is 0 Å². The molecule has 0 radical (unpaired) electrons. The summed E-state index contributed by atoms with van der Waals surface area (Å²) in [6.45, 7) is 3.16. The lowest BCUT2D eigenvalue weighted by atomic mass is 9.93. The maximum atomic E-state index is 13.1. The number of allylic oxidation sites excluding steroid dienone is 1. The maximum Gasteiger partial charge on any atom is 0.330 e. The fraction of sp³-hybridized carbons (Fsp3) is 0.762. The standard InChI is InChI=1S/C21H32N2O6/c1-3-28-13-29-15-10-16-17(11-15)19(25)23(2)9-7-5-4-6-8-14-12-21(14,20(26)27)22-18(16)24/h6,8,14-17H,3-5,7,9-13H2,1-2H3,(H,22,24)(H,26,27)/b8-6+. The van der Waals surface area contributed by atoms with Crippen LogP contribution < -0.4 is 5.32 Å². The van der Waals surface area contributed by atoms with Crippen molar-refractivity contribution in [3.63, 3.8) is 0 Å². The summed E-state index contributed by atoms with van der Waals surface area (Å²) in [5.74, 6) is -2.76. The number of ether oxygens (including phenoxy) is 2. The summed E-state index contributed by atoms with van der Waals surface area (Å²) >= 11 is 0. The molecule has 8 nitrogen and oxygen atoms in total. The topological polar surface area (TPSA) is 105 Å². The summed E-state index contributed by atoms with van der Waals surface area (Å²) < 4.78 is 11.0. The lowest BCUT2D eigenvalue weighted by molar-refractivity contribution is -0.145. The zero-order valence-electron chi connectivity index (χ0n) is 17.3. The zero-order chi connectivity index (χ0) is 21.0. The van der Waals surface area contributed by atoms with Crippen LogP contribution in [0.15, 0.2) is 12.2 Å². The van der Waals surface area contributed by atoms with Gasteiger partial charge in [0.05, 0.1) is 17.9 Å². The molecule has 0 bridgehead atoms. The highest BCUT2D eigenvalue weighted by molar-refractivity contribution is 5.94. The third-order valence-corrected chi connectivity index (χ3v) is 6.37. The van der Waals surface area contributed by atoms with E-state index in [1.807, 2.05) is 19.1 Å². The van der Waals surface area contributed by atoms with Crippen LogP contribution in [0.5, 0.6) is 0 Å². The van der Waals surface area contributed by atoms with E-state index in [2.05, 4.69) is 5.32 Å². The van der Waals surface area contributed by atoms with Crippen LogP contribution in [0.2, 0.25) is 0 Å². The predicted octanol–water partition coefficient (Wildman–Crippen LogP) is 1.55. The first-order valence-electron chi connectivity index (χ1n) is 10.6. The molecule has 0 aromatic heterocycles. The van der Waals surface area contributed by atoms with Crippen LogP contribution >= 0.6 is 0 Å². The number of rotatable bonds is 5. The van der Waals surface area contributed by atoms with Crippen molar-refractivity contribution in [2.24, 2.45) is 17.8 Å². The number of hydrogen-bond donors (Lipinski definition) is 2. The Morgan fingerprint density at radius 2 is 2.07 bits per heavy atom. The van der Waals surface area contributed by atoms with Crippen LogP contribution in [0.1, 0.15) is 45.4 Å². The van der Waals surface area contributed by atoms with E-state index in [0.29, 0.717) is 32.4 Å².